The zero-order valence-electron chi connectivity index (χ0n) is 9.65. The van der Waals surface area contributed by atoms with E-state index in [1.54, 1.807) is 7.11 Å². The molecule has 4 nitrogen and oxygen atoms in total. The largest absolute Gasteiger partial charge is 0.497 e. The third-order valence-corrected chi connectivity index (χ3v) is 2.77. The van der Waals surface area contributed by atoms with Crippen LogP contribution < -0.4 is 10.1 Å². The molecule has 0 spiro atoms. The number of hydrogen-bond acceptors (Lipinski definition) is 4. The van der Waals surface area contributed by atoms with Gasteiger partial charge in [0.2, 0.25) is 5.28 Å². The van der Waals surface area contributed by atoms with Crippen molar-refractivity contribution in [1.29, 1.82) is 0 Å². The Hall–Kier alpha value is -1.52. The van der Waals surface area contributed by atoms with E-state index in [1.807, 2.05) is 24.3 Å². The van der Waals surface area contributed by atoms with Gasteiger partial charge in [-0.3, -0.25) is 0 Å². The van der Waals surface area contributed by atoms with Crippen LogP contribution in [0.2, 0.25) is 10.3 Å². The molecule has 1 aromatic carbocycles. The van der Waals surface area contributed by atoms with Gasteiger partial charge in [0, 0.05) is 6.54 Å². The molecule has 6 heteroatoms. The molecule has 0 aliphatic heterocycles. The van der Waals surface area contributed by atoms with Crippen molar-refractivity contribution in [1.82, 2.24) is 9.97 Å². The predicted molar refractivity (Wildman–Crippen MR) is 72.4 cm³/mol. The average Bonchev–Trinajstić information content (AvgIpc) is 2.40. The molecular weight excluding hydrogens is 273 g/mol. The summed E-state index contributed by atoms with van der Waals surface area (Å²) in [5, 5.41) is 3.69. The van der Waals surface area contributed by atoms with Crippen molar-refractivity contribution in [3.8, 4) is 5.75 Å². The summed E-state index contributed by atoms with van der Waals surface area (Å²) in [6, 6.07) is 7.72. The predicted octanol–water partition coefficient (Wildman–Crippen LogP) is 3.40. The molecule has 0 radical (unpaired) electrons. The molecule has 0 fully saturated rings. The van der Waals surface area contributed by atoms with Crippen LogP contribution in [0.4, 0.5) is 5.82 Å². The van der Waals surface area contributed by atoms with Gasteiger partial charge < -0.3 is 10.1 Å². The van der Waals surface area contributed by atoms with Gasteiger partial charge in [-0.25, -0.2) is 4.98 Å². The quantitative estimate of drug-likeness (QED) is 0.874. The molecule has 1 aromatic heterocycles. The van der Waals surface area contributed by atoms with E-state index < -0.39 is 0 Å². The lowest BCUT2D eigenvalue weighted by Gasteiger charge is -2.08. The summed E-state index contributed by atoms with van der Waals surface area (Å²) in [5.74, 6) is 1.32. The van der Waals surface area contributed by atoms with Gasteiger partial charge in [0.25, 0.3) is 0 Å². The Morgan fingerprint density at radius 1 is 1.33 bits per heavy atom. The van der Waals surface area contributed by atoms with Crippen molar-refractivity contribution in [3.63, 3.8) is 0 Å². The van der Waals surface area contributed by atoms with E-state index in [4.69, 9.17) is 27.9 Å². The molecule has 0 unspecified atom stereocenters. The lowest BCUT2D eigenvalue weighted by Crippen LogP contribution is -2.03. The van der Waals surface area contributed by atoms with Crippen LogP contribution >= 0.6 is 23.2 Å². The van der Waals surface area contributed by atoms with Crippen LogP contribution in [0, 0.1) is 0 Å². The molecule has 1 N–H and O–H groups in total. The fraction of sp³-hybridized carbons (Fsp3) is 0.167. The fourth-order valence-corrected chi connectivity index (χ4v) is 1.73. The van der Waals surface area contributed by atoms with Crippen LogP contribution in [0.3, 0.4) is 0 Å². The van der Waals surface area contributed by atoms with E-state index in [2.05, 4.69) is 15.3 Å². The van der Waals surface area contributed by atoms with Crippen molar-refractivity contribution in [2.24, 2.45) is 0 Å². The standard InChI is InChI=1S/C12H11Cl2N3O/c1-18-9-4-2-3-8(5-9)6-15-11-10(13)7-16-12(14)17-11/h2-5,7H,6H2,1H3,(H,15,16,17). The monoisotopic (exact) mass is 283 g/mol. The number of aromatic nitrogens is 2. The highest BCUT2D eigenvalue weighted by atomic mass is 35.5. The van der Waals surface area contributed by atoms with E-state index >= 15 is 0 Å². The first-order valence-corrected chi connectivity index (χ1v) is 5.99. The Bertz CT molecular complexity index is 549. The molecule has 0 saturated heterocycles. The van der Waals surface area contributed by atoms with E-state index in [9.17, 15) is 0 Å². The smallest absolute Gasteiger partial charge is 0.224 e. The lowest BCUT2D eigenvalue weighted by atomic mass is 10.2. The minimum absolute atomic E-state index is 0.160. The zero-order chi connectivity index (χ0) is 13.0. The number of hydrogen-bond donors (Lipinski definition) is 1. The highest BCUT2D eigenvalue weighted by Crippen LogP contribution is 2.20. The highest BCUT2D eigenvalue weighted by molar-refractivity contribution is 6.33. The molecular formula is C12H11Cl2N3O. The summed E-state index contributed by atoms with van der Waals surface area (Å²) in [6.45, 7) is 0.574. The van der Waals surface area contributed by atoms with E-state index in [-0.39, 0.29) is 5.28 Å². The summed E-state index contributed by atoms with van der Waals surface area (Å²) in [6.07, 6.45) is 1.46. The maximum Gasteiger partial charge on any atom is 0.224 e. The van der Waals surface area contributed by atoms with E-state index in [1.165, 1.54) is 6.20 Å². The minimum Gasteiger partial charge on any atom is -0.497 e. The molecule has 0 aliphatic carbocycles. The van der Waals surface area contributed by atoms with E-state index in [0.717, 1.165) is 11.3 Å². The molecule has 0 aliphatic rings. The second-order valence-corrected chi connectivity index (χ2v) is 4.29. The Morgan fingerprint density at radius 3 is 2.94 bits per heavy atom. The molecule has 1 heterocycles. The molecule has 0 atom stereocenters. The third kappa shape index (κ3) is 3.24. The third-order valence-electron chi connectivity index (χ3n) is 2.31. The molecule has 94 valence electrons. The van der Waals surface area contributed by atoms with Crippen molar-refractivity contribution in [3.05, 3.63) is 46.3 Å². The summed E-state index contributed by atoms with van der Waals surface area (Å²) in [5.41, 5.74) is 1.06. The van der Waals surface area contributed by atoms with Crippen molar-refractivity contribution in [2.75, 3.05) is 12.4 Å². The first-order valence-electron chi connectivity index (χ1n) is 5.24. The second-order valence-electron chi connectivity index (χ2n) is 3.54. The first kappa shape index (κ1) is 12.9. The summed E-state index contributed by atoms with van der Waals surface area (Å²) in [4.78, 5) is 7.79. The summed E-state index contributed by atoms with van der Waals surface area (Å²) < 4.78 is 5.15. The number of methoxy groups -OCH3 is 1. The van der Waals surface area contributed by atoms with E-state index in [0.29, 0.717) is 17.4 Å². The van der Waals surface area contributed by atoms with Gasteiger partial charge >= 0.3 is 0 Å². The number of nitrogens with zero attached hydrogens (tertiary/aromatic N) is 2. The SMILES string of the molecule is COc1cccc(CNc2nc(Cl)ncc2Cl)c1. The van der Waals surface area contributed by atoms with Crippen LogP contribution in [-0.2, 0) is 6.54 Å². The highest BCUT2D eigenvalue weighted by Gasteiger charge is 2.04. The normalized spacial score (nSPS) is 10.2. The first-order chi connectivity index (χ1) is 8.69. The molecule has 18 heavy (non-hydrogen) atoms. The van der Waals surface area contributed by atoms with Crippen molar-refractivity contribution < 1.29 is 4.74 Å². The van der Waals surface area contributed by atoms with Crippen LogP contribution in [0.25, 0.3) is 0 Å². The maximum absolute atomic E-state index is 5.95. The maximum atomic E-state index is 5.95. The van der Waals surface area contributed by atoms with Crippen LogP contribution in [0.1, 0.15) is 5.56 Å². The van der Waals surface area contributed by atoms with Gasteiger partial charge in [-0.1, -0.05) is 23.7 Å². The van der Waals surface area contributed by atoms with Gasteiger partial charge in [0.15, 0.2) is 0 Å². The number of benzene rings is 1. The van der Waals surface area contributed by atoms with Gasteiger partial charge in [-0.05, 0) is 29.3 Å². The molecule has 2 aromatic rings. The average molecular weight is 284 g/mol. The molecule has 0 bridgehead atoms. The van der Waals surface area contributed by atoms with Gasteiger partial charge in [0.05, 0.1) is 13.3 Å². The van der Waals surface area contributed by atoms with Crippen LogP contribution in [0.5, 0.6) is 5.75 Å². The number of ether oxygens (including phenoxy) is 1. The van der Waals surface area contributed by atoms with Gasteiger partial charge in [0.1, 0.15) is 16.6 Å². The van der Waals surface area contributed by atoms with Gasteiger partial charge in [-0.15, -0.1) is 0 Å². The van der Waals surface area contributed by atoms with Crippen molar-refractivity contribution in [2.45, 2.75) is 6.54 Å². The molecule has 0 saturated carbocycles. The number of rotatable bonds is 4. The lowest BCUT2D eigenvalue weighted by molar-refractivity contribution is 0.414. The molecule has 0 amide bonds. The second kappa shape index (κ2) is 5.89. The molecule has 2 rings (SSSR count). The van der Waals surface area contributed by atoms with Crippen molar-refractivity contribution >= 4 is 29.0 Å². The number of nitrogens with one attached hydrogen (secondary N) is 1. The minimum atomic E-state index is 0.160. The Labute approximate surface area is 115 Å². The Kier molecular flexibility index (Phi) is 4.23. The summed E-state index contributed by atoms with van der Waals surface area (Å²) in [7, 11) is 1.63. The number of anilines is 1. The Balaban J connectivity index is 2.08. The van der Waals surface area contributed by atoms with Crippen LogP contribution in [0.15, 0.2) is 30.5 Å². The fourth-order valence-electron chi connectivity index (χ4n) is 1.44. The zero-order valence-corrected chi connectivity index (χ0v) is 11.2. The van der Waals surface area contributed by atoms with Crippen LogP contribution in [-0.4, -0.2) is 17.1 Å². The Morgan fingerprint density at radius 2 is 2.17 bits per heavy atom. The van der Waals surface area contributed by atoms with Gasteiger partial charge in [-0.2, -0.15) is 4.98 Å². The number of halogens is 2. The topological polar surface area (TPSA) is 47.0 Å². The summed E-state index contributed by atoms with van der Waals surface area (Å²) >= 11 is 11.7.